The molecule has 8 rings (SSSR count). The zero-order valence-corrected chi connectivity index (χ0v) is 23.7. The summed E-state index contributed by atoms with van der Waals surface area (Å²) in [5.41, 5.74) is 5.40. The average Bonchev–Trinajstić information content (AvgIpc) is 3.26. The zero-order chi connectivity index (χ0) is 26.9. The molecule has 0 saturated carbocycles. The lowest BCUT2D eigenvalue weighted by Crippen LogP contribution is -2.56. The zero-order valence-electron chi connectivity index (χ0n) is 20.5. The Morgan fingerprint density at radius 3 is 1.69 bits per heavy atom. The van der Waals surface area contributed by atoms with Crippen LogP contribution in [-0.2, 0) is 29.6 Å². The number of alkyl halides is 2. The van der Waals surface area contributed by atoms with E-state index >= 15 is 0 Å². The molecule has 2 bridgehead atoms. The van der Waals surface area contributed by atoms with Crippen molar-refractivity contribution < 1.29 is 19.1 Å². The summed E-state index contributed by atoms with van der Waals surface area (Å²) in [6.45, 7) is 0.129. The van der Waals surface area contributed by atoms with Gasteiger partial charge in [0.15, 0.2) is 0 Å². The van der Waals surface area contributed by atoms with E-state index in [0.717, 1.165) is 27.8 Å². The lowest BCUT2D eigenvalue weighted by Gasteiger charge is -2.55. The fourth-order valence-electron chi connectivity index (χ4n) is 6.50. The number of imide groups is 1. The van der Waals surface area contributed by atoms with Gasteiger partial charge < -0.3 is 4.74 Å². The van der Waals surface area contributed by atoms with E-state index in [1.165, 1.54) is 4.90 Å². The number of esters is 1. The number of hydrogen-bond acceptors (Lipinski definition) is 4. The summed E-state index contributed by atoms with van der Waals surface area (Å²) in [6.07, 6.45) is 0. The maximum absolute atomic E-state index is 14.2. The maximum Gasteiger partial charge on any atom is 0.338 e. The molecule has 0 radical (unpaired) electrons. The molecule has 2 unspecified atom stereocenters. The van der Waals surface area contributed by atoms with Crippen molar-refractivity contribution in [3.8, 4) is 0 Å². The summed E-state index contributed by atoms with van der Waals surface area (Å²) < 4.78 is 3.76. The predicted octanol–water partition coefficient (Wildman–Crippen LogP) is 6.45. The van der Waals surface area contributed by atoms with Crippen LogP contribution in [0.3, 0.4) is 0 Å². The fourth-order valence-corrected chi connectivity index (χ4v) is 8.80. The van der Waals surface area contributed by atoms with Gasteiger partial charge in [0.2, 0.25) is 11.8 Å². The summed E-state index contributed by atoms with van der Waals surface area (Å²) >= 11 is 8.03. The van der Waals surface area contributed by atoms with Crippen molar-refractivity contribution in [3.63, 3.8) is 0 Å². The van der Waals surface area contributed by atoms with E-state index in [-0.39, 0.29) is 24.0 Å². The number of benzene rings is 4. The van der Waals surface area contributed by atoms with Gasteiger partial charge >= 0.3 is 5.97 Å². The molecular formula is C32H21Br2NO4. The Bertz CT molecular complexity index is 1560. The minimum absolute atomic E-state index is 0.129. The first-order valence-corrected chi connectivity index (χ1v) is 14.2. The van der Waals surface area contributed by atoms with E-state index < -0.39 is 26.5 Å². The van der Waals surface area contributed by atoms with Crippen LogP contribution in [0.25, 0.3) is 0 Å². The van der Waals surface area contributed by atoms with Crippen LogP contribution in [0.4, 0.5) is 5.69 Å². The first-order valence-electron chi connectivity index (χ1n) is 12.6. The molecule has 3 aliphatic carbocycles. The third kappa shape index (κ3) is 3.26. The van der Waals surface area contributed by atoms with Crippen molar-refractivity contribution in [3.05, 3.63) is 137 Å². The number of anilines is 1. The molecule has 1 fully saturated rings. The van der Waals surface area contributed by atoms with E-state index in [2.05, 4.69) is 31.9 Å². The molecule has 39 heavy (non-hydrogen) atoms. The van der Waals surface area contributed by atoms with Crippen LogP contribution in [0.5, 0.6) is 0 Å². The Hall–Kier alpha value is -3.55. The molecule has 4 aliphatic rings. The van der Waals surface area contributed by atoms with Crippen molar-refractivity contribution in [1.82, 2.24) is 0 Å². The van der Waals surface area contributed by atoms with Crippen molar-refractivity contribution in [1.29, 1.82) is 0 Å². The third-order valence-corrected chi connectivity index (χ3v) is 10.8. The topological polar surface area (TPSA) is 63.7 Å². The summed E-state index contributed by atoms with van der Waals surface area (Å²) in [5, 5.41) is 0. The van der Waals surface area contributed by atoms with Crippen LogP contribution < -0.4 is 4.90 Å². The smallest absolute Gasteiger partial charge is 0.338 e. The van der Waals surface area contributed by atoms with Crippen LogP contribution in [0, 0.1) is 11.8 Å². The van der Waals surface area contributed by atoms with Crippen molar-refractivity contribution in [2.75, 3.05) is 4.90 Å². The molecule has 192 valence electrons. The molecule has 1 aliphatic heterocycles. The molecule has 2 amide bonds. The second-order valence-electron chi connectivity index (χ2n) is 10.1. The highest BCUT2D eigenvalue weighted by Gasteiger charge is 2.72. The van der Waals surface area contributed by atoms with Gasteiger partial charge in [-0.25, -0.2) is 9.69 Å². The molecule has 4 aromatic carbocycles. The molecule has 1 saturated heterocycles. The number of rotatable bonds is 4. The van der Waals surface area contributed by atoms with Crippen LogP contribution in [0.2, 0.25) is 0 Å². The average molecular weight is 643 g/mol. The molecule has 2 atom stereocenters. The van der Waals surface area contributed by atoms with Crippen molar-refractivity contribution in [2.45, 2.75) is 15.3 Å². The van der Waals surface area contributed by atoms with Gasteiger partial charge in [0.25, 0.3) is 0 Å². The lowest BCUT2D eigenvalue weighted by atomic mass is 9.54. The molecule has 5 nitrogen and oxygen atoms in total. The van der Waals surface area contributed by atoms with Gasteiger partial charge in [-0.05, 0) is 46.0 Å². The Balaban J connectivity index is 1.29. The van der Waals surface area contributed by atoms with E-state index in [1.807, 2.05) is 78.9 Å². The van der Waals surface area contributed by atoms with Gasteiger partial charge in [-0.2, -0.15) is 0 Å². The number of carbonyl (C=O) groups is 3. The molecular weight excluding hydrogens is 622 g/mol. The number of halogens is 2. The Kier molecular flexibility index (Phi) is 5.48. The van der Waals surface area contributed by atoms with Gasteiger partial charge in [0.1, 0.15) is 6.61 Å². The van der Waals surface area contributed by atoms with E-state index in [1.54, 1.807) is 24.3 Å². The minimum atomic E-state index is -0.867. The highest BCUT2D eigenvalue weighted by atomic mass is 79.9. The SMILES string of the molecule is O=C(OCc1ccccc1)c1cccc(N2C(=O)C3C(C2=O)C2(Br)c4ccccc4C3(Br)c3ccccc32)c1. The summed E-state index contributed by atoms with van der Waals surface area (Å²) in [6, 6.07) is 31.9. The third-order valence-electron chi connectivity index (χ3n) is 8.14. The van der Waals surface area contributed by atoms with E-state index in [4.69, 9.17) is 4.74 Å². The molecule has 7 heteroatoms. The van der Waals surface area contributed by atoms with Crippen LogP contribution in [0.15, 0.2) is 103 Å². The molecule has 1 heterocycles. The largest absolute Gasteiger partial charge is 0.457 e. The van der Waals surface area contributed by atoms with E-state index in [9.17, 15) is 14.4 Å². The normalized spacial score (nSPS) is 26.2. The van der Waals surface area contributed by atoms with E-state index in [0.29, 0.717) is 5.69 Å². The number of nitrogens with zero attached hydrogens (tertiary/aromatic N) is 1. The first kappa shape index (κ1) is 24.5. The fraction of sp³-hybridized carbons (Fsp3) is 0.156. The highest BCUT2D eigenvalue weighted by molar-refractivity contribution is 9.10. The Morgan fingerprint density at radius 1 is 0.692 bits per heavy atom. The number of carbonyl (C=O) groups excluding carboxylic acids is 3. The Morgan fingerprint density at radius 2 is 1.18 bits per heavy atom. The van der Waals surface area contributed by atoms with Crippen molar-refractivity contribution >= 4 is 55.3 Å². The lowest BCUT2D eigenvalue weighted by molar-refractivity contribution is -0.122. The quantitative estimate of drug-likeness (QED) is 0.146. The van der Waals surface area contributed by atoms with Crippen LogP contribution in [0.1, 0.15) is 38.2 Å². The van der Waals surface area contributed by atoms with Gasteiger partial charge in [-0.15, -0.1) is 0 Å². The molecule has 0 spiro atoms. The number of ether oxygens (including phenoxy) is 1. The van der Waals surface area contributed by atoms with Gasteiger partial charge in [-0.3, -0.25) is 9.59 Å². The summed E-state index contributed by atoms with van der Waals surface area (Å²) in [7, 11) is 0. The summed E-state index contributed by atoms with van der Waals surface area (Å²) in [5.74, 6) is -2.48. The van der Waals surface area contributed by atoms with Gasteiger partial charge in [-0.1, -0.05) is 117 Å². The van der Waals surface area contributed by atoms with Crippen molar-refractivity contribution in [2.24, 2.45) is 11.8 Å². The molecule has 0 aromatic heterocycles. The predicted molar refractivity (Wildman–Crippen MR) is 154 cm³/mol. The highest BCUT2D eigenvalue weighted by Crippen LogP contribution is 2.70. The van der Waals surface area contributed by atoms with Gasteiger partial charge in [0.05, 0.1) is 31.7 Å². The summed E-state index contributed by atoms with van der Waals surface area (Å²) in [4.78, 5) is 42.6. The maximum atomic E-state index is 14.2. The Labute approximate surface area is 242 Å². The van der Waals surface area contributed by atoms with Crippen LogP contribution >= 0.6 is 31.9 Å². The first-order chi connectivity index (χ1) is 18.9. The molecule has 4 aromatic rings. The standard InChI is InChI=1S/C32H21Br2NO4/c33-31-22-13-4-5-14-23(22)32(34,25-16-7-6-15-24(25)31)27-26(31)28(36)35(29(27)37)21-12-8-11-20(17-21)30(38)39-18-19-9-2-1-3-10-19/h1-17,26-27H,18H2. The van der Waals surface area contributed by atoms with Gasteiger partial charge in [0, 0.05) is 0 Å². The molecule has 0 N–H and O–H groups in total. The second kappa shape index (κ2) is 8.73. The minimum Gasteiger partial charge on any atom is -0.457 e. The second-order valence-corrected chi connectivity index (χ2v) is 12.6. The number of hydrogen-bond donors (Lipinski definition) is 0. The number of amides is 2. The van der Waals surface area contributed by atoms with Crippen LogP contribution in [-0.4, -0.2) is 17.8 Å². The monoisotopic (exact) mass is 641 g/mol.